The van der Waals surface area contributed by atoms with Crippen LogP contribution in [-0.4, -0.2) is 53.4 Å². The third kappa shape index (κ3) is 3.36. The second-order valence-corrected chi connectivity index (χ2v) is 6.25. The highest BCUT2D eigenvalue weighted by molar-refractivity contribution is 5.40. The predicted octanol–water partition coefficient (Wildman–Crippen LogP) is 0.663. The van der Waals surface area contributed by atoms with Crippen molar-refractivity contribution in [2.45, 2.75) is 26.0 Å². The molecule has 1 aliphatic rings. The van der Waals surface area contributed by atoms with Gasteiger partial charge >= 0.3 is 0 Å². The fraction of sp³-hybridized carbons (Fsp3) is 0.438. The standard InChI is InChI=1S/C16H20N8O/c25-12-14-11-23(20-17-14)10-13-6-8-22(9-7-13)16-18-19-21-24(16)15-4-2-1-3-5-15/h1-5,11,13,25H,6-10,12H2. The summed E-state index contributed by atoms with van der Waals surface area (Å²) in [5.41, 5.74) is 1.57. The van der Waals surface area contributed by atoms with Gasteiger partial charge in [0.1, 0.15) is 5.69 Å². The van der Waals surface area contributed by atoms with Gasteiger partial charge in [0.15, 0.2) is 0 Å². The summed E-state index contributed by atoms with van der Waals surface area (Å²) in [6.07, 6.45) is 3.88. The first-order chi connectivity index (χ1) is 12.3. The number of hydrogen-bond donors (Lipinski definition) is 1. The Morgan fingerprint density at radius 1 is 1.04 bits per heavy atom. The van der Waals surface area contributed by atoms with Gasteiger partial charge in [-0.1, -0.05) is 28.5 Å². The minimum absolute atomic E-state index is 0.0689. The zero-order valence-corrected chi connectivity index (χ0v) is 13.8. The topological polar surface area (TPSA) is 97.8 Å². The number of aliphatic hydroxyl groups is 1. The molecule has 3 aromatic rings. The monoisotopic (exact) mass is 340 g/mol. The number of anilines is 1. The van der Waals surface area contributed by atoms with Gasteiger partial charge in [0, 0.05) is 19.6 Å². The molecule has 1 N–H and O–H groups in total. The third-order valence-corrected chi connectivity index (χ3v) is 4.54. The van der Waals surface area contributed by atoms with E-state index in [0.29, 0.717) is 11.6 Å². The van der Waals surface area contributed by atoms with Gasteiger partial charge in [0.05, 0.1) is 18.5 Å². The van der Waals surface area contributed by atoms with Crippen LogP contribution in [0.15, 0.2) is 36.5 Å². The van der Waals surface area contributed by atoms with E-state index in [1.54, 1.807) is 4.68 Å². The molecule has 25 heavy (non-hydrogen) atoms. The largest absolute Gasteiger partial charge is 0.390 e. The van der Waals surface area contributed by atoms with Crippen molar-refractivity contribution in [3.8, 4) is 5.69 Å². The van der Waals surface area contributed by atoms with Crippen LogP contribution in [0.4, 0.5) is 5.95 Å². The van der Waals surface area contributed by atoms with Gasteiger partial charge in [-0.2, -0.15) is 4.68 Å². The first-order valence-electron chi connectivity index (χ1n) is 8.42. The number of aromatic nitrogens is 7. The minimum atomic E-state index is -0.0689. The first-order valence-corrected chi connectivity index (χ1v) is 8.42. The molecule has 9 heteroatoms. The van der Waals surface area contributed by atoms with Crippen LogP contribution in [-0.2, 0) is 13.2 Å². The van der Waals surface area contributed by atoms with E-state index in [4.69, 9.17) is 5.11 Å². The lowest BCUT2D eigenvalue weighted by Crippen LogP contribution is -2.36. The Hall–Kier alpha value is -2.81. The molecule has 0 spiro atoms. The summed E-state index contributed by atoms with van der Waals surface area (Å²) in [7, 11) is 0. The summed E-state index contributed by atoms with van der Waals surface area (Å²) in [5.74, 6) is 1.32. The fourth-order valence-corrected chi connectivity index (χ4v) is 3.20. The van der Waals surface area contributed by atoms with Crippen molar-refractivity contribution in [3.05, 3.63) is 42.2 Å². The summed E-state index contributed by atoms with van der Waals surface area (Å²) < 4.78 is 3.60. The van der Waals surface area contributed by atoms with Crippen LogP contribution in [0.1, 0.15) is 18.5 Å². The molecule has 130 valence electrons. The fourth-order valence-electron chi connectivity index (χ4n) is 3.20. The highest BCUT2D eigenvalue weighted by Crippen LogP contribution is 2.24. The van der Waals surface area contributed by atoms with Gasteiger partial charge in [0.2, 0.25) is 5.95 Å². The zero-order valence-electron chi connectivity index (χ0n) is 13.8. The van der Waals surface area contributed by atoms with E-state index < -0.39 is 0 Å². The molecule has 1 fully saturated rings. The molecule has 0 amide bonds. The van der Waals surface area contributed by atoms with Crippen molar-refractivity contribution in [1.29, 1.82) is 0 Å². The Labute approximate surface area is 144 Å². The first kappa shape index (κ1) is 15.7. The summed E-state index contributed by atoms with van der Waals surface area (Å²) in [5, 5.41) is 29.2. The number of para-hydroxylation sites is 1. The zero-order chi connectivity index (χ0) is 17.1. The van der Waals surface area contributed by atoms with E-state index >= 15 is 0 Å². The molecule has 0 saturated carbocycles. The molecule has 0 unspecified atom stereocenters. The summed E-state index contributed by atoms with van der Waals surface area (Å²) in [6, 6.07) is 9.93. The van der Waals surface area contributed by atoms with Crippen LogP contribution in [0.3, 0.4) is 0 Å². The smallest absolute Gasteiger partial charge is 0.250 e. The van der Waals surface area contributed by atoms with Crippen molar-refractivity contribution < 1.29 is 5.11 Å². The molecule has 3 heterocycles. The van der Waals surface area contributed by atoms with Crippen LogP contribution in [0.2, 0.25) is 0 Å². The molecule has 4 rings (SSSR count). The van der Waals surface area contributed by atoms with Gasteiger partial charge in [-0.25, -0.2) is 0 Å². The van der Waals surface area contributed by atoms with Gasteiger partial charge in [-0.05, 0) is 41.3 Å². The summed E-state index contributed by atoms with van der Waals surface area (Å²) in [6.45, 7) is 2.56. The van der Waals surface area contributed by atoms with Crippen LogP contribution < -0.4 is 4.90 Å². The SMILES string of the molecule is OCc1cn(CC2CCN(c3nnnn3-c3ccccc3)CC2)nn1. The number of piperidine rings is 1. The number of hydrogen-bond acceptors (Lipinski definition) is 7. The number of nitrogens with zero attached hydrogens (tertiary/aromatic N) is 8. The lowest BCUT2D eigenvalue weighted by molar-refractivity contribution is 0.276. The molecule has 1 aromatic carbocycles. The Kier molecular flexibility index (Phi) is 4.38. The average Bonchev–Trinajstić information content (AvgIpc) is 3.32. The maximum Gasteiger partial charge on any atom is 0.250 e. The summed E-state index contributed by atoms with van der Waals surface area (Å²) >= 11 is 0. The molecular weight excluding hydrogens is 320 g/mol. The molecule has 0 atom stereocenters. The van der Waals surface area contributed by atoms with Crippen LogP contribution in [0, 0.1) is 5.92 Å². The molecular formula is C16H20N8O. The summed E-state index contributed by atoms with van der Waals surface area (Å²) in [4.78, 5) is 2.23. The van der Waals surface area contributed by atoms with Crippen molar-refractivity contribution in [2.24, 2.45) is 5.92 Å². The Balaban J connectivity index is 1.40. The highest BCUT2D eigenvalue weighted by Gasteiger charge is 2.24. The van der Waals surface area contributed by atoms with Crippen molar-refractivity contribution in [1.82, 2.24) is 35.2 Å². The van der Waals surface area contributed by atoms with E-state index in [0.717, 1.165) is 44.1 Å². The maximum atomic E-state index is 9.07. The van der Waals surface area contributed by atoms with E-state index in [-0.39, 0.29) is 6.61 Å². The molecule has 9 nitrogen and oxygen atoms in total. The normalized spacial score (nSPS) is 15.6. The van der Waals surface area contributed by atoms with Gasteiger partial charge in [-0.15, -0.1) is 5.10 Å². The molecule has 0 aliphatic carbocycles. The molecule has 0 bridgehead atoms. The Morgan fingerprint density at radius 3 is 2.56 bits per heavy atom. The third-order valence-electron chi connectivity index (χ3n) is 4.54. The van der Waals surface area contributed by atoms with Gasteiger partial charge < -0.3 is 10.0 Å². The lowest BCUT2D eigenvalue weighted by Gasteiger charge is -2.31. The van der Waals surface area contributed by atoms with E-state index in [2.05, 4.69) is 30.7 Å². The van der Waals surface area contributed by atoms with Crippen molar-refractivity contribution in [3.63, 3.8) is 0 Å². The number of aliphatic hydroxyl groups excluding tert-OH is 1. The van der Waals surface area contributed by atoms with Gasteiger partial charge in [0.25, 0.3) is 0 Å². The Morgan fingerprint density at radius 2 is 1.84 bits per heavy atom. The second kappa shape index (κ2) is 6.98. The van der Waals surface area contributed by atoms with E-state index in [1.807, 2.05) is 41.2 Å². The number of benzene rings is 1. The maximum absolute atomic E-state index is 9.07. The quantitative estimate of drug-likeness (QED) is 0.728. The second-order valence-electron chi connectivity index (χ2n) is 6.25. The predicted molar refractivity (Wildman–Crippen MR) is 90.0 cm³/mol. The number of tetrazole rings is 1. The van der Waals surface area contributed by atoms with Crippen molar-refractivity contribution >= 4 is 5.95 Å². The van der Waals surface area contributed by atoms with E-state index in [1.165, 1.54) is 0 Å². The minimum Gasteiger partial charge on any atom is -0.390 e. The lowest BCUT2D eigenvalue weighted by atomic mass is 9.97. The van der Waals surface area contributed by atoms with E-state index in [9.17, 15) is 0 Å². The number of rotatable bonds is 5. The highest BCUT2D eigenvalue weighted by atomic mass is 16.3. The molecule has 0 radical (unpaired) electrons. The van der Waals surface area contributed by atoms with Crippen LogP contribution >= 0.6 is 0 Å². The van der Waals surface area contributed by atoms with Crippen LogP contribution in [0.5, 0.6) is 0 Å². The Bertz CT molecular complexity index is 806. The van der Waals surface area contributed by atoms with Gasteiger partial charge in [-0.3, -0.25) is 4.68 Å². The molecule has 2 aromatic heterocycles. The molecule has 1 aliphatic heterocycles. The molecule has 1 saturated heterocycles. The van der Waals surface area contributed by atoms with Crippen molar-refractivity contribution in [2.75, 3.05) is 18.0 Å². The average molecular weight is 340 g/mol. The van der Waals surface area contributed by atoms with Crippen LogP contribution in [0.25, 0.3) is 5.69 Å².